The lowest BCUT2D eigenvalue weighted by atomic mass is 9.78. The van der Waals surface area contributed by atoms with Gasteiger partial charge < -0.3 is 19.7 Å². The number of carbonyl (C=O) groups is 2. The van der Waals surface area contributed by atoms with E-state index < -0.39 is 5.54 Å². The molecule has 7 nitrogen and oxygen atoms in total. The molecule has 1 radical (unpaired) electrons. The van der Waals surface area contributed by atoms with Crippen molar-refractivity contribution < 1.29 is 29.3 Å². The fraction of sp³-hybridized carbons (Fsp3) is 0.667. The zero-order chi connectivity index (χ0) is 39.8. The van der Waals surface area contributed by atoms with E-state index in [2.05, 4.69) is 122 Å². The molecule has 1 unspecified atom stereocenters. The molecule has 1 aliphatic rings. The summed E-state index contributed by atoms with van der Waals surface area (Å²) in [5, 5.41) is 22.1. The quantitative estimate of drug-likeness (QED) is 0.236. The van der Waals surface area contributed by atoms with E-state index in [4.69, 9.17) is 9.47 Å². The lowest BCUT2D eigenvalue weighted by molar-refractivity contribution is -0.156. The van der Waals surface area contributed by atoms with Crippen LogP contribution in [0.2, 0.25) is 0 Å². The predicted molar refractivity (Wildman–Crippen MR) is 212 cm³/mol. The van der Waals surface area contributed by atoms with Gasteiger partial charge in [0.25, 0.3) is 0 Å². The van der Waals surface area contributed by atoms with E-state index in [-0.39, 0.29) is 64.7 Å². The molecule has 0 spiro atoms. The number of ether oxygens (including phenoxy) is 2. The molecule has 291 valence electrons. The Balaban J connectivity index is 1.59. The SMILES string of the molecule is CC(C)(C)c1cc(CCC(=O)OCCN2C(C)(C)[CH]C(OC(=O)CCc3cc(C(C)(C)C)c(O)c(C(C)(C)C)c3)CC2(C)C)cc(C(C)(C)C)c1O. The summed E-state index contributed by atoms with van der Waals surface area (Å²) in [6.07, 6.45) is 3.96. The molecule has 1 fully saturated rings. The van der Waals surface area contributed by atoms with E-state index in [0.29, 0.717) is 37.3 Å². The third-order valence-corrected chi connectivity index (χ3v) is 10.4. The van der Waals surface area contributed by atoms with E-state index in [0.717, 1.165) is 33.4 Å². The summed E-state index contributed by atoms with van der Waals surface area (Å²) in [6.45, 7) is 34.4. The normalized spacial score (nSPS) is 17.2. The van der Waals surface area contributed by atoms with Crippen molar-refractivity contribution in [3.63, 3.8) is 0 Å². The molecule has 1 atom stereocenters. The van der Waals surface area contributed by atoms with Gasteiger partial charge in [0.2, 0.25) is 0 Å². The number of hydrogen-bond acceptors (Lipinski definition) is 7. The summed E-state index contributed by atoms with van der Waals surface area (Å²) >= 11 is 0. The van der Waals surface area contributed by atoms with Crippen LogP contribution in [0.15, 0.2) is 24.3 Å². The van der Waals surface area contributed by atoms with Crippen molar-refractivity contribution in [3.8, 4) is 11.5 Å². The summed E-state index contributed by atoms with van der Waals surface area (Å²) in [6, 6.07) is 8.10. The van der Waals surface area contributed by atoms with Gasteiger partial charge >= 0.3 is 11.9 Å². The topological polar surface area (TPSA) is 96.3 Å². The van der Waals surface area contributed by atoms with Crippen LogP contribution in [0.1, 0.15) is 163 Å². The largest absolute Gasteiger partial charge is 0.507 e. The van der Waals surface area contributed by atoms with Gasteiger partial charge in [-0.3, -0.25) is 14.5 Å². The second-order valence-corrected chi connectivity index (χ2v) is 20.3. The van der Waals surface area contributed by atoms with Crippen molar-refractivity contribution in [2.24, 2.45) is 0 Å². The lowest BCUT2D eigenvalue weighted by Crippen LogP contribution is -2.63. The molecule has 3 rings (SSSR count). The van der Waals surface area contributed by atoms with Gasteiger partial charge in [0.15, 0.2) is 0 Å². The van der Waals surface area contributed by atoms with Crippen molar-refractivity contribution in [2.45, 2.75) is 182 Å². The molecule has 1 heterocycles. The fourth-order valence-corrected chi connectivity index (χ4v) is 7.66. The molecule has 0 bridgehead atoms. The molecule has 2 aromatic carbocycles. The maximum atomic E-state index is 13.2. The molecule has 1 aliphatic heterocycles. The van der Waals surface area contributed by atoms with Gasteiger partial charge in [0.1, 0.15) is 24.2 Å². The maximum absolute atomic E-state index is 13.2. The number of esters is 2. The Morgan fingerprint density at radius 1 is 0.673 bits per heavy atom. The van der Waals surface area contributed by atoms with Crippen molar-refractivity contribution in [1.29, 1.82) is 0 Å². The molecule has 2 aromatic rings. The van der Waals surface area contributed by atoms with Gasteiger partial charge in [-0.05, 0) is 95.6 Å². The van der Waals surface area contributed by atoms with Gasteiger partial charge in [0.05, 0.1) is 0 Å². The molecule has 0 aromatic heterocycles. The summed E-state index contributed by atoms with van der Waals surface area (Å²) in [7, 11) is 0. The average Bonchev–Trinajstić information content (AvgIpc) is 2.94. The Kier molecular flexibility index (Phi) is 12.8. The average molecular weight is 721 g/mol. The van der Waals surface area contributed by atoms with Gasteiger partial charge in [-0.2, -0.15) is 0 Å². The van der Waals surface area contributed by atoms with Crippen LogP contribution in [-0.2, 0) is 53.6 Å². The molecule has 7 heteroatoms. The smallest absolute Gasteiger partial charge is 0.306 e. The minimum atomic E-state index is -0.405. The van der Waals surface area contributed by atoms with Crippen LogP contribution in [-0.4, -0.2) is 57.4 Å². The number of aromatic hydroxyl groups is 2. The van der Waals surface area contributed by atoms with E-state index >= 15 is 0 Å². The zero-order valence-electron chi connectivity index (χ0n) is 35.4. The van der Waals surface area contributed by atoms with Gasteiger partial charge in [-0.1, -0.05) is 107 Å². The molecule has 1 saturated heterocycles. The number of phenols is 2. The summed E-state index contributed by atoms with van der Waals surface area (Å²) in [4.78, 5) is 28.5. The number of hydrogen-bond donors (Lipinski definition) is 2. The minimum Gasteiger partial charge on any atom is -0.507 e. The van der Waals surface area contributed by atoms with Crippen molar-refractivity contribution in [3.05, 3.63) is 64.1 Å². The Labute approximate surface area is 315 Å². The first-order valence-corrected chi connectivity index (χ1v) is 19.2. The Morgan fingerprint density at radius 3 is 1.38 bits per heavy atom. The van der Waals surface area contributed by atoms with E-state index in [1.165, 1.54) is 0 Å². The van der Waals surface area contributed by atoms with Gasteiger partial charge in [-0.25, -0.2) is 0 Å². The fourth-order valence-electron chi connectivity index (χ4n) is 7.66. The highest BCUT2D eigenvalue weighted by molar-refractivity contribution is 5.70. The minimum absolute atomic E-state index is 0.232. The number of nitrogens with zero attached hydrogens (tertiary/aromatic N) is 1. The standard InChI is InChI=1S/C45H70NO6/c1-40(2,3)32-23-29(24-33(38(32)49)41(4,5)6)17-19-36(47)51-22-21-46-44(13,14)27-31(28-45(46,15)16)52-37(48)20-18-30-25-34(42(7,8)9)39(50)35(26-30)43(10,11)12/h23-27,31,49-50H,17-22,28H2,1-16H3. The number of aryl methyl sites for hydroxylation is 2. The molecule has 52 heavy (non-hydrogen) atoms. The first kappa shape index (κ1) is 43.3. The Bertz CT molecular complexity index is 1500. The third kappa shape index (κ3) is 11.0. The molecular formula is C45H70NO6. The Hall–Kier alpha value is -3.06. The van der Waals surface area contributed by atoms with E-state index in [1.807, 2.05) is 24.3 Å². The summed E-state index contributed by atoms with van der Waals surface area (Å²) < 4.78 is 11.8. The lowest BCUT2D eigenvalue weighted by Gasteiger charge is -2.54. The Morgan fingerprint density at radius 2 is 1.04 bits per heavy atom. The highest BCUT2D eigenvalue weighted by Crippen LogP contribution is 2.42. The van der Waals surface area contributed by atoms with Crippen LogP contribution < -0.4 is 0 Å². The summed E-state index contributed by atoms with van der Waals surface area (Å²) in [5.74, 6) is 0.190. The molecule has 0 saturated carbocycles. The van der Waals surface area contributed by atoms with E-state index in [9.17, 15) is 19.8 Å². The van der Waals surface area contributed by atoms with Crippen LogP contribution in [0.3, 0.4) is 0 Å². The van der Waals surface area contributed by atoms with Crippen LogP contribution in [0.4, 0.5) is 0 Å². The highest BCUT2D eigenvalue weighted by atomic mass is 16.5. The van der Waals surface area contributed by atoms with Crippen LogP contribution in [0.25, 0.3) is 0 Å². The third-order valence-electron chi connectivity index (χ3n) is 10.4. The first-order valence-electron chi connectivity index (χ1n) is 19.2. The second kappa shape index (κ2) is 15.4. The maximum Gasteiger partial charge on any atom is 0.306 e. The second-order valence-electron chi connectivity index (χ2n) is 20.3. The van der Waals surface area contributed by atoms with Gasteiger partial charge in [-0.15, -0.1) is 0 Å². The molecule has 0 aliphatic carbocycles. The highest BCUT2D eigenvalue weighted by Gasteiger charge is 2.46. The number of carbonyl (C=O) groups excluding carboxylic acids is 2. The van der Waals surface area contributed by atoms with Crippen LogP contribution in [0, 0.1) is 6.42 Å². The van der Waals surface area contributed by atoms with Crippen molar-refractivity contribution >= 4 is 11.9 Å². The van der Waals surface area contributed by atoms with Crippen LogP contribution in [0.5, 0.6) is 11.5 Å². The number of piperidine rings is 1. The number of rotatable bonds is 10. The zero-order valence-corrected chi connectivity index (χ0v) is 35.4. The number of likely N-dealkylation sites (tertiary alicyclic amines) is 1. The van der Waals surface area contributed by atoms with Crippen molar-refractivity contribution in [1.82, 2.24) is 4.90 Å². The van der Waals surface area contributed by atoms with E-state index in [1.54, 1.807) is 0 Å². The first-order chi connectivity index (χ1) is 23.4. The monoisotopic (exact) mass is 721 g/mol. The number of benzene rings is 2. The van der Waals surface area contributed by atoms with Gasteiger partial charge in [0, 0.05) is 43.3 Å². The van der Waals surface area contributed by atoms with Crippen LogP contribution >= 0.6 is 0 Å². The summed E-state index contributed by atoms with van der Waals surface area (Å²) in [5.41, 5.74) is 3.94. The molecule has 0 amide bonds. The molecular weight excluding hydrogens is 650 g/mol. The predicted octanol–water partition coefficient (Wildman–Crippen LogP) is 9.78. The van der Waals surface area contributed by atoms with Crippen molar-refractivity contribution in [2.75, 3.05) is 13.2 Å². The number of phenolic OH excluding ortho intramolecular Hbond substituents is 2. The molecule has 2 N–H and O–H groups in total.